The van der Waals surface area contributed by atoms with Gasteiger partial charge in [-0.05, 0) is 43.7 Å². The number of benzene rings is 2. The molecule has 148 valence electrons. The highest BCUT2D eigenvalue weighted by Crippen LogP contribution is 2.29. The summed E-state index contributed by atoms with van der Waals surface area (Å²) in [5.41, 5.74) is 1.99. The monoisotopic (exact) mass is 485 g/mol. The van der Waals surface area contributed by atoms with E-state index in [-0.39, 0.29) is 30.1 Å². The van der Waals surface area contributed by atoms with Crippen LogP contribution in [0.2, 0.25) is 0 Å². The summed E-state index contributed by atoms with van der Waals surface area (Å²) in [7, 11) is 4.96. The van der Waals surface area contributed by atoms with Crippen molar-refractivity contribution in [2.24, 2.45) is 4.99 Å². The van der Waals surface area contributed by atoms with Gasteiger partial charge in [-0.1, -0.05) is 12.1 Å². The van der Waals surface area contributed by atoms with Crippen molar-refractivity contribution in [3.63, 3.8) is 0 Å². The van der Waals surface area contributed by atoms with Gasteiger partial charge in [0.1, 0.15) is 5.75 Å². The molecule has 2 rings (SSSR count). The average molecular weight is 485 g/mol. The third kappa shape index (κ3) is 7.16. The first kappa shape index (κ1) is 22.9. The highest BCUT2D eigenvalue weighted by atomic mass is 127. The lowest BCUT2D eigenvalue weighted by Crippen LogP contribution is -2.30. The molecular formula is C20H28IN3O3. The number of halogens is 1. The molecule has 2 N–H and O–H groups in total. The van der Waals surface area contributed by atoms with E-state index < -0.39 is 0 Å². The van der Waals surface area contributed by atoms with Crippen molar-refractivity contribution < 1.29 is 14.2 Å². The van der Waals surface area contributed by atoms with Gasteiger partial charge < -0.3 is 24.8 Å². The zero-order valence-electron chi connectivity index (χ0n) is 16.4. The molecule has 0 aliphatic rings. The number of methoxy groups -OCH3 is 2. The number of aliphatic imine (C=N–C) groups is 1. The summed E-state index contributed by atoms with van der Waals surface area (Å²) in [4.78, 5) is 4.25. The lowest BCUT2D eigenvalue weighted by Gasteiger charge is -2.14. The molecule has 0 atom stereocenters. The molecule has 0 saturated carbocycles. The Morgan fingerprint density at radius 1 is 1.00 bits per heavy atom. The smallest absolute Gasteiger partial charge is 0.195 e. The Labute approximate surface area is 178 Å². The van der Waals surface area contributed by atoms with Crippen LogP contribution in [0.3, 0.4) is 0 Å². The summed E-state index contributed by atoms with van der Waals surface area (Å²) in [5.74, 6) is 2.88. The fraction of sp³-hybridized carbons (Fsp3) is 0.350. The van der Waals surface area contributed by atoms with Crippen LogP contribution in [-0.4, -0.2) is 33.3 Å². The van der Waals surface area contributed by atoms with E-state index in [0.29, 0.717) is 24.0 Å². The summed E-state index contributed by atoms with van der Waals surface area (Å²) >= 11 is 0. The van der Waals surface area contributed by atoms with Crippen molar-refractivity contribution >= 4 is 35.6 Å². The Bertz CT molecular complexity index is 734. The molecule has 27 heavy (non-hydrogen) atoms. The van der Waals surface area contributed by atoms with Gasteiger partial charge in [0.25, 0.3) is 0 Å². The Hall–Kier alpha value is -2.16. The molecule has 2 aromatic carbocycles. The number of guanidine groups is 1. The van der Waals surface area contributed by atoms with E-state index >= 15 is 0 Å². The molecule has 0 aliphatic carbocycles. The second kappa shape index (κ2) is 11.5. The first-order valence-corrected chi connectivity index (χ1v) is 8.51. The molecule has 0 heterocycles. The van der Waals surface area contributed by atoms with Crippen LogP contribution < -0.4 is 24.8 Å². The molecule has 0 aliphatic heterocycles. The van der Waals surface area contributed by atoms with Gasteiger partial charge >= 0.3 is 0 Å². The van der Waals surface area contributed by atoms with Crippen LogP contribution in [0.5, 0.6) is 17.2 Å². The maximum atomic E-state index is 5.66. The number of hydrogen-bond donors (Lipinski definition) is 2. The van der Waals surface area contributed by atoms with Crippen molar-refractivity contribution in [1.29, 1.82) is 0 Å². The van der Waals surface area contributed by atoms with Crippen LogP contribution in [0.25, 0.3) is 0 Å². The highest BCUT2D eigenvalue weighted by molar-refractivity contribution is 14.0. The second-order valence-electron chi connectivity index (χ2n) is 5.93. The Morgan fingerprint density at radius 3 is 2.22 bits per heavy atom. The third-order valence-corrected chi connectivity index (χ3v) is 3.62. The minimum atomic E-state index is 0. The molecule has 0 aromatic heterocycles. The van der Waals surface area contributed by atoms with Crippen LogP contribution >= 0.6 is 24.0 Å². The van der Waals surface area contributed by atoms with E-state index in [9.17, 15) is 0 Å². The number of rotatable bonds is 7. The topological polar surface area (TPSA) is 64.1 Å². The summed E-state index contributed by atoms with van der Waals surface area (Å²) in [5, 5.41) is 6.53. The number of ether oxygens (including phenoxy) is 3. The van der Waals surface area contributed by atoms with E-state index in [1.807, 2.05) is 56.3 Å². The van der Waals surface area contributed by atoms with Crippen LogP contribution in [0, 0.1) is 0 Å². The number of nitrogens with one attached hydrogen (secondary N) is 2. The first-order valence-electron chi connectivity index (χ1n) is 8.51. The largest absolute Gasteiger partial charge is 0.493 e. The first-order chi connectivity index (χ1) is 12.5. The number of hydrogen-bond acceptors (Lipinski definition) is 4. The van der Waals surface area contributed by atoms with Gasteiger partial charge in [0.2, 0.25) is 0 Å². The van der Waals surface area contributed by atoms with Gasteiger partial charge in [-0.15, -0.1) is 24.0 Å². The molecule has 2 aromatic rings. The van der Waals surface area contributed by atoms with Gasteiger partial charge in [-0.25, -0.2) is 0 Å². The molecule has 0 radical (unpaired) electrons. The second-order valence-corrected chi connectivity index (χ2v) is 5.93. The highest BCUT2D eigenvalue weighted by Gasteiger charge is 2.06. The Morgan fingerprint density at radius 2 is 1.67 bits per heavy atom. The minimum Gasteiger partial charge on any atom is -0.493 e. The van der Waals surface area contributed by atoms with Crippen molar-refractivity contribution in [3.05, 3.63) is 48.0 Å². The summed E-state index contributed by atoms with van der Waals surface area (Å²) < 4.78 is 16.2. The van der Waals surface area contributed by atoms with Crippen LogP contribution in [-0.2, 0) is 6.54 Å². The van der Waals surface area contributed by atoms with Gasteiger partial charge in [0, 0.05) is 25.3 Å². The summed E-state index contributed by atoms with van der Waals surface area (Å²) in [6.07, 6.45) is 0.170. The summed E-state index contributed by atoms with van der Waals surface area (Å²) in [6.45, 7) is 4.67. The zero-order valence-corrected chi connectivity index (χ0v) is 18.7. The molecule has 0 saturated heterocycles. The number of anilines is 1. The lowest BCUT2D eigenvalue weighted by atomic mass is 10.2. The maximum absolute atomic E-state index is 5.66. The maximum Gasteiger partial charge on any atom is 0.195 e. The van der Waals surface area contributed by atoms with Crippen LogP contribution in [0.15, 0.2) is 47.5 Å². The van der Waals surface area contributed by atoms with E-state index in [1.165, 1.54) is 0 Å². The van der Waals surface area contributed by atoms with Crippen molar-refractivity contribution in [3.8, 4) is 17.2 Å². The standard InChI is InChI=1S/C20H27N3O3.HI/c1-14(2)26-17-9-6-15(7-10-17)13-22-20(21-3)23-16-8-11-18(24-4)19(12-16)25-5;/h6-12,14H,13H2,1-5H3,(H2,21,22,23);1H. The molecule has 0 fully saturated rings. The normalized spacial score (nSPS) is 10.8. The molecule has 0 bridgehead atoms. The van der Waals surface area contributed by atoms with E-state index in [4.69, 9.17) is 14.2 Å². The van der Waals surface area contributed by atoms with Gasteiger partial charge in [0.05, 0.1) is 20.3 Å². The Kier molecular flexibility index (Phi) is 9.77. The SMILES string of the molecule is CN=C(NCc1ccc(OC(C)C)cc1)Nc1ccc(OC)c(OC)c1.I. The fourth-order valence-electron chi connectivity index (χ4n) is 2.37. The van der Waals surface area contributed by atoms with Crippen molar-refractivity contribution in [1.82, 2.24) is 5.32 Å². The van der Waals surface area contributed by atoms with Crippen LogP contribution in [0.1, 0.15) is 19.4 Å². The number of nitrogens with zero attached hydrogens (tertiary/aromatic N) is 1. The fourth-order valence-corrected chi connectivity index (χ4v) is 2.37. The average Bonchev–Trinajstić information content (AvgIpc) is 2.65. The summed E-state index contributed by atoms with van der Waals surface area (Å²) in [6, 6.07) is 13.6. The Balaban J connectivity index is 0.00000364. The van der Waals surface area contributed by atoms with E-state index in [0.717, 1.165) is 17.0 Å². The molecule has 0 amide bonds. The van der Waals surface area contributed by atoms with Gasteiger partial charge in [-0.2, -0.15) is 0 Å². The molecule has 7 heteroatoms. The van der Waals surface area contributed by atoms with Gasteiger partial charge in [-0.3, -0.25) is 4.99 Å². The lowest BCUT2D eigenvalue weighted by molar-refractivity contribution is 0.242. The molecular weight excluding hydrogens is 457 g/mol. The molecule has 6 nitrogen and oxygen atoms in total. The quantitative estimate of drug-likeness (QED) is 0.348. The molecule has 0 unspecified atom stereocenters. The molecule has 0 spiro atoms. The van der Waals surface area contributed by atoms with Crippen molar-refractivity contribution in [2.75, 3.05) is 26.6 Å². The van der Waals surface area contributed by atoms with E-state index in [2.05, 4.69) is 15.6 Å². The predicted molar refractivity (Wildman–Crippen MR) is 121 cm³/mol. The third-order valence-electron chi connectivity index (χ3n) is 3.62. The predicted octanol–water partition coefficient (Wildman–Crippen LogP) is 4.30. The zero-order chi connectivity index (χ0) is 18.9. The van der Waals surface area contributed by atoms with Crippen molar-refractivity contribution in [2.45, 2.75) is 26.5 Å². The van der Waals surface area contributed by atoms with E-state index in [1.54, 1.807) is 21.3 Å². The minimum absolute atomic E-state index is 0. The van der Waals surface area contributed by atoms with Crippen LogP contribution in [0.4, 0.5) is 5.69 Å². The van der Waals surface area contributed by atoms with Gasteiger partial charge in [0.15, 0.2) is 17.5 Å².